The van der Waals surface area contributed by atoms with E-state index in [4.69, 9.17) is 11.0 Å². The quantitative estimate of drug-likeness (QED) is 0.715. The zero-order valence-electron chi connectivity index (χ0n) is 8.05. The van der Waals surface area contributed by atoms with Gasteiger partial charge in [0.05, 0.1) is 6.20 Å². The van der Waals surface area contributed by atoms with Gasteiger partial charge in [-0.15, -0.1) is 0 Å². The topological polar surface area (TPSA) is 93.4 Å². The van der Waals surface area contributed by atoms with Crippen molar-refractivity contribution in [3.05, 3.63) is 24.0 Å². The Hall–Kier alpha value is -2.42. The maximum Gasteiger partial charge on any atom is 0.182 e. The second-order valence-corrected chi connectivity index (χ2v) is 2.98. The number of hydrogen-bond acceptors (Lipinski definition) is 5. The van der Waals surface area contributed by atoms with Crippen molar-refractivity contribution in [1.82, 2.24) is 19.7 Å². The van der Waals surface area contributed by atoms with Crippen molar-refractivity contribution in [3.8, 4) is 17.6 Å². The molecule has 0 saturated heterocycles. The molecule has 0 aromatic carbocycles. The molecule has 0 unspecified atom stereocenters. The van der Waals surface area contributed by atoms with Crippen LogP contribution in [0.2, 0.25) is 0 Å². The maximum atomic E-state index is 8.65. The minimum absolute atomic E-state index is 0.174. The molecular formula is C9H8N6. The van der Waals surface area contributed by atoms with Crippen molar-refractivity contribution < 1.29 is 0 Å². The molecule has 2 aromatic rings. The standard InChI is InChI=1S/C9H8N6/c1-15-3-2-7(14-15)9-12-5-6(4-10)8(11)13-9/h2-3,5H,1H3,(H2,11,12,13). The summed E-state index contributed by atoms with van der Waals surface area (Å²) in [5, 5.41) is 12.8. The van der Waals surface area contributed by atoms with E-state index in [1.165, 1.54) is 6.20 Å². The van der Waals surface area contributed by atoms with E-state index in [9.17, 15) is 0 Å². The van der Waals surface area contributed by atoms with E-state index < -0.39 is 0 Å². The second-order valence-electron chi connectivity index (χ2n) is 2.98. The first-order valence-corrected chi connectivity index (χ1v) is 4.23. The Balaban J connectivity index is 2.48. The molecule has 0 bridgehead atoms. The summed E-state index contributed by atoms with van der Waals surface area (Å²) in [4.78, 5) is 8.00. The molecule has 2 rings (SSSR count). The SMILES string of the molecule is Cn1ccc(-c2ncc(C#N)c(N)n2)n1. The molecule has 2 N–H and O–H groups in total. The Labute approximate surface area is 86.0 Å². The molecule has 0 radical (unpaired) electrons. The van der Waals surface area contributed by atoms with Crippen molar-refractivity contribution in [1.29, 1.82) is 5.26 Å². The zero-order valence-corrected chi connectivity index (χ0v) is 8.05. The van der Waals surface area contributed by atoms with Crippen LogP contribution >= 0.6 is 0 Å². The summed E-state index contributed by atoms with van der Waals surface area (Å²) >= 11 is 0. The Morgan fingerprint density at radius 3 is 2.87 bits per heavy atom. The van der Waals surface area contributed by atoms with Gasteiger partial charge in [-0.25, -0.2) is 9.97 Å². The number of nitrogens with zero attached hydrogens (tertiary/aromatic N) is 5. The van der Waals surface area contributed by atoms with Gasteiger partial charge in [0, 0.05) is 13.2 Å². The van der Waals surface area contributed by atoms with Gasteiger partial charge in [-0.2, -0.15) is 10.4 Å². The molecule has 2 heterocycles. The van der Waals surface area contributed by atoms with Gasteiger partial charge in [0.1, 0.15) is 23.1 Å². The minimum Gasteiger partial charge on any atom is -0.382 e. The van der Waals surface area contributed by atoms with Crippen molar-refractivity contribution in [2.75, 3.05) is 5.73 Å². The van der Waals surface area contributed by atoms with Crippen molar-refractivity contribution in [3.63, 3.8) is 0 Å². The number of nitriles is 1. The Bertz CT molecular complexity index is 536. The van der Waals surface area contributed by atoms with Crippen LogP contribution in [0.4, 0.5) is 5.82 Å². The number of hydrogen-bond donors (Lipinski definition) is 1. The van der Waals surface area contributed by atoms with Gasteiger partial charge in [-0.3, -0.25) is 4.68 Å². The summed E-state index contributed by atoms with van der Waals surface area (Å²) in [5.41, 5.74) is 6.47. The highest BCUT2D eigenvalue weighted by atomic mass is 15.3. The first-order valence-electron chi connectivity index (χ1n) is 4.23. The summed E-state index contributed by atoms with van der Waals surface area (Å²) in [6, 6.07) is 3.68. The van der Waals surface area contributed by atoms with Crippen LogP contribution in [-0.4, -0.2) is 19.7 Å². The fourth-order valence-corrected chi connectivity index (χ4v) is 1.14. The van der Waals surface area contributed by atoms with Gasteiger partial charge < -0.3 is 5.73 Å². The average molecular weight is 200 g/mol. The normalized spacial score (nSPS) is 9.87. The number of rotatable bonds is 1. The van der Waals surface area contributed by atoms with Crippen LogP contribution in [0.3, 0.4) is 0 Å². The molecule has 6 nitrogen and oxygen atoms in total. The van der Waals surface area contributed by atoms with Crippen molar-refractivity contribution in [2.45, 2.75) is 0 Å². The third kappa shape index (κ3) is 1.62. The van der Waals surface area contributed by atoms with Crippen molar-refractivity contribution in [2.24, 2.45) is 7.05 Å². The number of aryl methyl sites for hydroxylation is 1. The van der Waals surface area contributed by atoms with Crippen LogP contribution in [0.15, 0.2) is 18.5 Å². The highest BCUT2D eigenvalue weighted by Crippen LogP contribution is 2.14. The van der Waals surface area contributed by atoms with E-state index in [-0.39, 0.29) is 11.4 Å². The lowest BCUT2D eigenvalue weighted by Crippen LogP contribution is -1.99. The molecule has 0 fully saturated rings. The van der Waals surface area contributed by atoms with Gasteiger partial charge in [-0.05, 0) is 6.07 Å². The summed E-state index contributed by atoms with van der Waals surface area (Å²) < 4.78 is 1.65. The Morgan fingerprint density at radius 1 is 1.53 bits per heavy atom. The number of aromatic nitrogens is 4. The maximum absolute atomic E-state index is 8.65. The molecule has 2 aromatic heterocycles. The summed E-state index contributed by atoms with van der Waals surface area (Å²) in [7, 11) is 1.80. The zero-order chi connectivity index (χ0) is 10.8. The predicted molar refractivity (Wildman–Crippen MR) is 53.4 cm³/mol. The highest BCUT2D eigenvalue weighted by Gasteiger charge is 2.07. The van der Waals surface area contributed by atoms with Crippen LogP contribution in [0, 0.1) is 11.3 Å². The van der Waals surface area contributed by atoms with Gasteiger partial charge in [0.2, 0.25) is 0 Å². The lowest BCUT2D eigenvalue weighted by molar-refractivity contribution is 0.768. The molecule has 0 aliphatic rings. The van der Waals surface area contributed by atoms with E-state index in [2.05, 4.69) is 15.1 Å². The molecule has 0 spiro atoms. The molecule has 0 aliphatic carbocycles. The van der Waals surface area contributed by atoms with Gasteiger partial charge in [-0.1, -0.05) is 0 Å². The molecule has 0 saturated carbocycles. The first-order chi connectivity index (χ1) is 7.20. The van der Waals surface area contributed by atoms with E-state index in [0.29, 0.717) is 11.5 Å². The third-order valence-corrected chi connectivity index (χ3v) is 1.88. The Kier molecular flexibility index (Phi) is 2.06. The smallest absolute Gasteiger partial charge is 0.182 e. The summed E-state index contributed by atoms with van der Waals surface area (Å²) in [6.07, 6.45) is 3.18. The number of nitrogen functional groups attached to an aromatic ring is 1. The van der Waals surface area contributed by atoms with Gasteiger partial charge >= 0.3 is 0 Å². The van der Waals surface area contributed by atoms with E-state index in [1.807, 2.05) is 6.07 Å². The van der Waals surface area contributed by atoms with E-state index >= 15 is 0 Å². The fourth-order valence-electron chi connectivity index (χ4n) is 1.14. The van der Waals surface area contributed by atoms with Crippen LogP contribution in [0.25, 0.3) is 11.5 Å². The molecule has 0 amide bonds. The van der Waals surface area contributed by atoms with Crippen molar-refractivity contribution >= 4 is 5.82 Å². The highest BCUT2D eigenvalue weighted by molar-refractivity contribution is 5.55. The molecule has 15 heavy (non-hydrogen) atoms. The Morgan fingerprint density at radius 2 is 2.33 bits per heavy atom. The average Bonchev–Trinajstić information content (AvgIpc) is 2.65. The number of nitrogens with two attached hydrogens (primary N) is 1. The molecule has 0 atom stereocenters. The van der Waals surface area contributed by atoms with Crippen LogP contribution in [0.1, 0.15) is 5.56 Å². The molecule has 74 valence electrons. The van der Waals surface area contributed by atoms with Gasteiger partial charge in [0.15, 0.2) is 5.82 Å². The van der Waals surface area contributed by atoms with Gasteiger partial charge in [0.25, 0.3) is 0 Å². The fraction of sp³-hybridized carbons (Fsp3) is 0.111. The summed E-state index contributed by atoms with van der Waals surface area (Å²) in [5.74, 6) is 0.597. The monoisotopic (exact) mass is 200 g/mol. The number of anilines is 1. The lowest BCUT2D eigenvalue weighted by atomic mass is 10.3. The third-order valence-electron chi connectivity index (χ3n) is 1.88. The first kappa shape index (κ1) is 9.15. The lowest BCUT2D eigenvalue weighted by Gasteiger charge is -1.98. The van der Waals surface area contributed by atoms with Crippen LogP contribution < -0.4 is 5.73 Å². The second kappa shape index (κ2) is 3.38. The summed E-state index contributed by atoms with van der Waals surface area (Å²) in [6.45, 7) is 0. The van der Waals surface area contributed by atoms with Crippen LogP contribution in [0.5, 0.6) is 0 Å². The largest absolute Gasteiger partial charge is 0.382 e. The molecular weight excluding hydrogens is 192 g/mol. The van der Waals surface area contributed by atoms with Crippen LogP contribution in [-0.2, 0) is 7.05 Å². The predicted octanol–water partition coefficient (Wildman–Crippen LogP) is 0.331. The van der Waals surface area contributed by atoms with E-state index in [1.54, 1.807) is 24.0 Å². The minimum atomic E-state index is 0.174. The molecule has 6 heteroatoms. The van der Waals surface area contributed by atoms with E-state index in [0.717, 1.165) is 0 Å². The molecule has 0 aliphatic heterocycles.